The molecule has 0 heterocycles. The number of hydrogen-bond acceptors (Lipinski definition) is 4. The standard InChI is InChI=1S/C25H38O4/c1-16(2)11-13-24(5,6)15-17(3)12-14-25(7,8)19-18(4)20(26)22(28-9)23(29-10)21(19)27/h11-12H,13-15H2,1-10H3. The molecule has 1 rings (SSSR count). The smallest absolute Gasteiger partial charge is 0.228 e. The van der Waals surface area contributed by atoms with Crippen LogP contribution in [0.1, 0.15) is 74.7 Å². The molecule has 4 heteroatoms. The first-order valence-corrected chi connectivity index (χ1v) is 10.2. The van der Waals surface area contributed by atoms with Gasteiger partial charge in [0.15, 0.2) is 0 Å². The van der Waals surface area contributed by atoms with E-state index in [0.717, 1.165) is 12.8 Å². The van der Waals surface area contributed by atoms with Gasteiger partial charge in [0.05, 0.1) is 14.2 Å². The Morgan fingerprint density at radius 1 is 0.862 bits per heavy atom. The zero-order valence-electron chi connectivity index (χ0n) is 19.9. The van der Waals surface area contributed by atoms with E-state index in [-0.39, 0.29) is 28.5 Å². The molecule has 29 heavy (non-hydrogen) atoms. The molecule has 0 amide bonds. The molecule has 4 nitrogen and oxygen atoms in total. The summed E-state index contributed by atoms with van der Waals surface area (Å²) in [5, 5.41) is 0. The van der Waals surface area contributed by atoms with Crippen LogP contribution >= 0.6 is 0 Å². The quantitative estimate of drug-likeness (QED) is 0.346. The summed E-state index contributed by atoms with van der Waals surface area (Å²) in [6.07, 6.45) is 7.16. The van der Waals surface area contributed by atoms with Crippen LogP contribution in [0.2, 0.25) is 0 Å². The van der Waals surface area contributed by atoms with Crippen molar-refractivity contribution < 1.29 is 19.1 Å². The number of hydrogen-bond donors (Lipinski definition) is 0. The molecule has 0 unspecified atom stereocenters. The Morgan fingerprint density at radius 2 is 1.38 bits per heavy atom. The molecule has 0 aromatic heterocycles. The maximum Gasteiger partial charge on any atom is 0.228 e. The van der Waals surface area contributed by atoms with Crippen LogP contribution in [0.15, 0.2) is 46.0 Å². The molecule has 162 valence electrons. The van der Waals surface area contributed by atoms with Gasteiger partial charge in [-0.2, -0.15) is 0 Å². The van der Waals surface area contributed by atoms with E-state index in [1.165, 1.54) is 25.4 Å². The van der Waals surface area contributed by atoms with E-state index >= 15 is 0 Å². The van der Waals surface area contributed by atoms with Gasteiger partial charge in [-0.3, -0.25) is 9.59 Å². The Hall–Kier alpha value is -2.10. The summed E-state index contributed by atoms with van der Waals surface area (Å²) in [6.45, 7) is 16.6. The molecule has 1 aliphatic carbocycles. The van der Waals surface area contributed by atoms with Crippen molar-refractivity contribution >= 4 is 11.6 Å². The van der Waals surface area contributed by atoms with E-state index in [2.05, 4.69) is 46.8 Å². The lowest BCUT2D eigenvalue weighted by atomic mass is 9.73. The number of rotatable bonds is 9. The second-order valence-corrected chi connectivity index (χ2v) is 9.69. The number of Topliss-reactive ketones (excluding diaryl/α,β-unsaturated/α-hetero) is 2. The molecule has 0 saturated heterocycles. The molecule has 0 saturated carbocycles. The SMILES string of the molecule is COC1=C(OC)C(=O)C(C(C)(C)CC=C(C)CC(C)(C)CC=C(C)C)=C(C)C1=O. The van der Waals surface area contributed by atoms with E-state index in [1.54, 1.807) is 6.92 Å². The van der Waals surface area contributed by atoms with Crippen LogP contribution in [0.5, 0.6) is 0 Å². The van der Waals surface area contributed by atoms with Crippen molar-refractivity contribution in [1.29, 1.82) is 0 Å². The molecule has 0 N–H and O–H groups in total. The van der Waals surface area contributed by atoms with E-state index in [4.69, 9.17) is 9.47 Å². The Labute approximate surface area is 176 Å². The van der Waals surface area contributed by atoms with Gasteiger partial charge in [-0.1, -0.05) is 51.0 Å². The maximum atomic E-state index is 13.1. The summed E-state index contributed by atoms with van der Waals surface area (Å²) in [5.41, 5.74) is 3.25. The first kappa shape index (κ1) is 24.9. The predicted octanol–water partition coefficient (Wildman–Crippen LogP) is 6.09. The van der Waals surface area contributed by atoms with Crippen LogP contribution in [-0.2, 0) is 19.1 Å². The molecular formula is C25H38O4. The minimum absolute atomic E-state index is 0.00488. The predicted molar refractivity (Wildman–Crippen MR) is 118 cm³/mol. The zero-order chi connectivity index (χ0) is 22.6. The van der Waals surface area contributed by atoms with Gasteiger partial charge in [0, 0.05) is 11.1 Å². The molecule has 0 aromatic rings. The fraction of sp³-hybridized carbons (Fsp3) is 0.600. The van der Waals surface area contributed by atoms with Gasteiger partial charge < -0.3 is 9.47 Å². The normalized spacial score (nSPS) is 16.4. The summed E-state index contributed by atoms with van der Waals surface area (Å²) in [7, 11) is 2.77. The number of carbonyl (C=O) groups is 2. The van der Waals surface area contributed by atoms with Crippen molar-refractivity contribution in [3.05, 3.63) is 46.0 Å². The summed E-state index contributed by atoms with van der Waals surface area (Å²) < 4.78 is 10.4. The number of carbonyl (C=O) groups excluding carboxylic acids is 2. The van der Waals surface area contributed by atoms with Crippen molar-refractivity contribution in [2.45, 2.75) is 74.7 Å². The maximum absolute atomic E-state index is 13.1. The average Bonchev–Trinajstić information content (AvgIpc) is 2.61. The molecule has 0 aliphatic heterocycles. The third-order valence-corrected chi connectivity index (χ3v) is 5.43. The van der Waals surface area contributed by atoms with Crippen molar-refractivity contribution in [2.75, 3.05) is 14.2 Å². The Bertz CT molecular complexity index is 782. The van der Waals surface area contributed by atoms with Gasteiger partial charge in [0.2, 0.25) is 23.1 Å². The first-order valence-electron chi connectivity index (χ1n) is 10.2. The third-order valence-electron chi connectivity index (χ3n) is 5.43. The molecule has 0 atom stereocenters. The van der Waals surface area contributed by atoms with Crippen LogP contribution in [0.3, 0.4) is 0 Å². The van der Waals surface area contributed by atoms with E-state index in [9.17, 15) is 9.59 Å². The van der Waals surface area contributed by atoms with Crippen LogP contribution in [0, 0.1) is 10.8 Å². The second-order valence-electron chi connectivity index (χ2n) is 9.69. The van der Waals surface area contributed by atoms with Crippen molar-refractivity contribution in [2.24, 2.45) is 10.8 Å². The molecular weight excluding hydrogens is 364 g/mol. The summed E-state index contributed by atoms with van der Waals surface area (Å²) >= 11 is 0. The second kappa shape index (κ2) is 9.60. The topological polar surface area (TPSA) is 52.6 Å². The van der Waals surface area contributed by atoms with Gasteiger partial charge in [0.25, 0.3) is 0 Å². The van der Waals surface area contributed by atoms with Crippen molar-refractivity contribution in [3.63, 3.8) is 0 Å². The van der Waals surface area contributed by atoms with Gasteiger partial charge in [-0.15, -0.1) is 0 Å². The highest BCUT2D eigenvalue weighted by Gasteiger charge is 2.41. The van der Waals surface area contributed by atoms with Gasteiger partial charge in [-0.25, -0.2) is 0 Å². The Morgan fingerprint density at radius 3 is 1.86 bits per heavy atom. The fourth-order valence-electron chi connectivity index (χ4n) is 3.87. The lowest BCUT2D eigenvalue weighted by Crippen LogP contribution is -2.32. The highest BCUT2D eigenvalue weighted by molar-refractivity contribution is 6.23. The average molecular weight is 403 g/mol. The fourth-order valence-corrected chi connectivity index (χ4v) is 3.87. The molecule has 0 aromatic carbocycles. The number of methoxy groups -OCH3 is 2. The summed E-state index contributed by atoms with van der Waals surface area (Å²) in [5.74, 6) is -0.561. The molecule has 0 radical (unpaired) electrons. The van der Waals surface area contributed by atoms with Gasteiger partial charge in [0.1, 0.15) is 0 Å². The number of allylic oxidation sites excluding steroid dienone is 6. The van der Waals surface area contributed by atoms with Crippen molar-refractivity contribution in [3.8, 4) is 0 Å². The number of ketones is 2. The highest BCUT2D eigenvalue weighted by atomic mass is 16.5. The van der Waals surface area contributed by atoms with Crippen LogP contribution in [0.4, 0.5) is 0 Å². The van der Waals surface area contributed by atoms with E-state index in [0.29, 0.717) is 17.6 Å². The highest BCUT2D eigenvalue weighted by Crippen LogP contribution is 2.40. The lowest BCUT2D eigenvalue weighted by molar-refractivity contribution is -0.121. The van der Waals surface area contributed by atoms with Gasteiger partial charge in [-0.05, 0) is 57.8 Å². The Balaban J connectivity index is 3.09. The zero-order valence-corrected chi connectivity index (χ0v) is 19.9. The molecule has 1 aliphatic rings. The molecule has 0 bridgehead atoms. The molecule has 0 fully saturated rings. The van der Waals surface area contributed by atoms with Crippen molar-refractivity contribution in [1.82, 2.24) is 0 Å². The minimum atomic E-state index is -0.495. The number of ether oxygens (including phenoxy) is 2. The van der Waals surface area contributed by atoms with Crippen LogP contribution in [-0.4, -0.2) is 25.8 Å². The lowest BCUT2D eigenvalue weighted by Gasteiger charge is -2.31. The first-order chi connectivity index (χ1) is 13.3. The largest absolute Gasteiger partial charge is 0.489 e. The van der Waals surface area contributed by atoms with Crippen LogP contribution < -0.4 is 0 Å². The van der Waals surface area contributed by atoms with E-state index < -0.39 is 5.41 Å². The minimum Gasteiger partial charge on any atom is -0.489 e. The Kier molecular flexibility index (Phi) is 8.25. The monoisotopic (exact) mass is 402 g/mol. The van der Waals surface area contributed by atoms with E-state index in [1.807, 2.05) is 13.8 Å². The van der Waals surface area contributed by atoms with Crippen LogP contribution in [0.25, 0.3) is 0 Å². The third kappa shape index (κ3) is 6.19. The van der Waals surface area contributed by atoms with Gasteiger partial charge >= 0.3 is 0 Å². The molecule has 0 spiro atoms. The summed E-state index contributed by atoms with van der Waals surface area (Å²) in [4.78, 5) is 25.7. The summed E-state index contributed by atoms with van der Waals surface area (Å²) in [6, 6.07) is 0.